The van der Waals surface area contributed by atoms with Crippen LogP contribution in [-0.4, -0.2) is 32.7 Å². The lowest BCUT2D eigenvalue weighted by atomic mass is 10.0. The minimum Gasteiger partial charge on any atom is -0.356 e. The highest BCUT2D eigenvalue weighted by atomic mass is 16.1. The summed E-state index contributed by atoms with van der Waals surface area (Å²) in [4.78, 5) is 14.5. The third-order valence-electron chi connectivity index (χ3n) is 4.36. The van der Waals surface area contributed by atoms with E-state index in [1.807, 2.05) is 68.3 Å². The number of hydrogen-bond acceptors (Lipinski definition) is 4. The number of carbonyl (C=O) groups is 1. The maximum atomic E-state index is 12.6. The van der Waals surface area contributed by atoms with Crippen LogP contribution >= 0.6 is 0 Å². The summed E-state index contributed by atoms with van der Waals surface area (Å²) < 4.78 is 1.70. The Morgan fingerprint density at radius 1 is 1.31 bits per heavy atom. The van der Waals surface area contributed by atoms with Crippen LogP contribution in [0.1, 0.15) is 29.9 Å². The van der Waals surface area contributed by atoms with E-state index in [1.165, 1.54) is 0 Å². The molecule has 0 atom stereocenters. The molecule has 6 nitrogen and oxygen atoms in total. The van der Waals surface area contributed by atoms with E-state index in [4.69, 9.17) is 0 Å². The van der Waals surface area contributed by atoms with E-state index in [9.17, 15) is 10.1 Å². The van der Waals surface area contributed by atoms with Gasteiger partial charge in [0.1, 0.15) is 5.54 Å². The monoisotopic (exact) mass is 347 g/mol. The molecule has 1 N–H and O–H groups in total. The topological polar surface area (TPSA) is 74.0 Å². The fraction of sp³-hybridized carbons (Fsp3) is 0.250. The molecule has 1 aliphatic rings. The van der Waals surface area contributed by atoms with Crippen molar-refractivity contribution in [3.05, 3.63) is 71.8 Å². The second kappa shape index (κ2) is 6.89. The van der Waals surface area contributed by atoms with Gasteiger partial charge in [-0.25, -0.2) is 4.68 Å². The number of allylic oxidation sites excluding steroid dienone is 1. The standard InChI is InChI=1S/C20H21N5O/c1-15-18(13-25(23-15)17-7-5-4-6-8-17)19(26)22-16-9-11-24(12-10-16)20(2,3)14-21/h4-11,13H,12H2,1-3H3,(H,22,26). The lowest BCUT2D eigenvalue weighted by Gasteiger charge is -2.33. The fourth-order valence-corrected chi connectivity index (χ4v) is 2.66. The average Bonchev–Trinajstić information content (AvgIpc) is 3.05. The van der Waals surface area contributed by atoms with Crippen molar-refractivity contribution >= 4 is 5.91 Å². The van der Waals surface area contributed by atoms with Crippen molar-refractivity contribution in [3.63, 3.8) is 0 Å². The Morgan fingerprint density at radius 3 is 2.65 bits per heavy atom. The summed E-state index contributed by atoms with van der Waals surface area (Å²) >= 11 is 0. The summed E-state index contributed by atoms with van der Waals surface area (Å²) in [5.41, 5.74) is 2.23. The molecular weight excluding hydrogens is 326 g/mol. The molecule has 0 saturated carbocycles. The molecule has 1 aromatic carbocycles. The van der Waals surface area contributed by atoms with Crippen LogP contribution in [0.15, 0.2) is 60.6 Å². The second-order valence-electron chi connectivity index (χ2n) is 6.66. The molecule has 0 saturated heterocycles. The van der Waals surface area contributed by atoms with E-state index in [2.05, 4.69) is 16.5 Å². The van der Waals surface area contributed by atoms with Gasteiger partial charge in [0.05, 0.1) is 23.0 Å². The number of benzene rings is 1. The van der Waals surface area contributed by atoms with Crippen LogP contribution in [-0.2, 0) is 0 Å². The fourth-order valence-electron chi connectivity index (χ4n) is 2.66. The van der Waals surface area contributed by atoms with Gasteiger partial charge in [0.15, 0.2) is 0 Å². The molecule has 0 unspecified atom stereocenters. The van der Waals surface area contributed by atoms with Crippen molar-refractivity contribution in [2.45, 2.75) is 26.3 Å². The Hall–Kier alpha value is -3.33. The van der Waals surface area contributed by atoms with Crippen LogP contribution in [0.3, 0.4) is 0 Å². The van der Waals surface area contributed by atoms with Crippen LogP contribution < -0.4 is 5.32 Å². The maximum absolute atomic E-state index is 12.6. The lowest BCUT2D eigenvalue weighted by Crippen LogP contribution is -2.40. The minimum atomic E-state index is -0.587. The number of amides is 1. The summed E-state index contributed by atoms with van der Waals surface area (Å²) in [6.07, 6.45) is 7.27. The molecular formula is C20H21N5O. The van der Waals surface area contributed by atoms with E-state index in [-0.39, 0.29) is 5.91 Å². The number of aryl methyl sites for hydroxylation is 1. The van der Waals surface area contributed by atoms with Crippen LogP contribution in [0.5, 0.6) is 0 Å². The predicted molar refractivity (Wildman–Crippen MR) is 99.4 cm³/mol. The minimum absolute atomic E-state index is 0.200. The summed E-state index contributed by atoms with van der Waals surface area (Å²) in [6.45, 7) is 6.09. The largest absolute Gasteiger partial charge is 0.356 e. The number of carbonyl (C=O) groups excluding carboxylic acids is 1. The zero-order valence-electron chi connectivity index (χ0n) is 15.1. The molecule has 2 aromatic rings. The number of rotatable bonds is 4. The second-order valence-corrected chi connectivity index (χ2v) is 6.66. The highest BCUT2D eigenvalue weighted by Gasteiger charge is 2.24. The summed E-state index contributed by atoms with van der Waals surface area (Å²) in [7, 11) is 0. The highest BCUT2D eigenvalue weighted by molar-refractivity contribution is 5.96. The van der Waals surface area contributed by atoms with Crippen LogP contribution in [0, 0.1) is 18.3 Å². The molecule has 6 heteroatoms. The van der Waals surface area contributed by atoms with Gasteiger partial charge in [-0.3, -0.25) is 4.79 Å². The highest BCUT2D eigenvalue weighted by Crippen LogP contribution is 2.18. The molecule has 132 valence electrons. The van der Waals surface area contributed by atoms with Crippen molar-refractivity contribution in [3.8, 4) is 11.8 Å². The van der Waals surface area contributed by atoms with E-state index in [0.29, 0.717) is 23.5 Å². The van der Waals surface area contributed by atoms with Crippen molar-refractivity contribution in [1.82, 2.24) is 20.0 Å². The van der Waals surface area contributed by atoms with E-state index >= 15 is 0 Å². The first-order valence-electron chi connectivity index (χ1n) is 8.40. The molecule has 0 spiro atoms. The SMILES string of the molecule is Cc1nn(-c2ccccc2)cc1C(=O)NC1=CCN(C(C)(C)C#N)C=C1. The van der Waals surface area contributed by atoms with Gasteiger partial charge in [0.25, 0.3) is 5.91 Å². The van der Waals surface area contributed by atoms with Gasteiger partial charge >= 0.3 is 0 Å². The van der Waals surface area contributed by atoms with Crippen molar-refractivity contribution < 1.29 is 4.79 Å². The number of para-hydroxylation sites is 1. The lowest BCUT2D eigenvalue weighted by molar-refractivity contribution is 0.0966. The van der Waals surface area contributed by atoms with Gasteiger partial charge in [-0.05, 0) is 45.1 Å². The Morgan fingerprint density at radius 2 is 2.04 bits per heavy atom. The Balaban J connectivity index is 1.71. The molecule has 1 aromatic heterocycles. The number of nitrogens with zero attached hydrogens (tertiary/aromatic N) is 4. The molecule has 1 amide bonds. The van der Waals surface area contributed by atoms with E-state index < -0.39 is 5.54 Å². The molecule has 0 radical (unpaired) electrons. The molecule has 0 aliphatic carbocycles. The van der Waals surface area contributed by atoms with E-state index in [1.54, 1.807) is 17.0 Å². The van der Waals surface area contributed by atoms with Crippen molar-refractivity contribution in [2.24, 2.45) is 0 Å². The molecule has 3 rings (SSSR count). The molecule has 26 heavy (non-hydrogen) atoms. The third kappa shape index (κ3) is 3.52. The average molecular weight is 347 g/mol. The van der Waals surface area contributed by atoms with Crippen molar-refractivity contribution in [2.75, 3.05) is 6.54 Å². The zero-order chi connectivity index (χ0) is 18.7. The number of hydrogen-bond donors (Lipinski definition) is 1. The normalized spacial score (nSPS) is 13.9. The first kappa shape index (κ1) is 17.5. The number of nitrogens with one attached hydrogen (secondary N) is 1. The molecule has 0 fully saturated rings. The smallest absolute Gasteiger partial charge is 0.259 e. The first-order valence-corrected chi connectivity index (χ1v) is 8.40. The van der Waals surface area contributed by atoms with Gasteiger partial charge in [0.2, 0.25) is 0 Å². The Kier molecular flexibility index (Phi) is 4.63. The van der Waals surface area contributed by atoms with Crippen LogP contribution in [0.2, 0.25) is 0 Å². The zero-order valence-corrected chi connectivity index (χ0v) is 15.1. The Labute approximate surface area is 153 Å². The maximum Gasteiger partial charge on any atom is 0.259 e. The number of nitriles is 1. The first-order chi connectivity index (χ1) is 12.4. The van der Waals surface area contributed by atoms with E-state index in [0.717, 1.165) is 5.69 Å². The van der Waals surface area contributed by atoms with Gasteiger partial charge in [-0.15, -0.1) is 0 Å². The van der Waals surface area contributed by atoms with Crippen LogP contribution in [0.25, 0.3) is 5.69 Å². The quantitative estimate of drug-likeness (QED) is 0.923. The number of aromatic nitrogens is 2. The summed E-state index contributed by atoms with van der Waals surface area (Å²) in [5, 5.41) is 16.5. The van der Waals surface area contributed by atoms with Crippen LogP contribution in [0.4, 0.5) is 0 Å². The summed E-state index contributed by atoms with van der Waals surface area (Å²) in [5.74, 6) is -0.200. The van der Waals surface area contributed by atoms with Gasteiger partial charge in [-0.2, -0.15) is 10.4 Å². The molecule has 1 aliphatic heterocycles. The van der Waals surface area contributed by atoms with Gasteiger partial charge in [-0.1, -0.05) is 18.2 Å². The van der Waals surface area contributed by atoms with Gasteiger partial charge in [0, 0.05) is 24.6 Å². The third-order valence-corrected chi connectivity index (χ3v) is 4.36. The molecule has 0 bridgehead atoms. The predicted octanol–water partition coefficient (Wildman–Crippen LogP) is 2.93. The summed E-state index contributed by atoms with van der Waals surface area (Å²) in [6, 6.07) is 11.9. The van der Waals surface area contributed by atoms with Gasteiger partial charge < -0.3 is 10.2 Å². The molecule has 2 heterocycles. The Bertz CT molecular complexity index is 915. The van der Waals surface area contributed by atoms with Crippen molar-refractivity contribution in [1.29, 1.82) is 5.26 Å².